The van der Waals surface area contributed by atoms with Gasteiger partial charge in [-0.25, -0.2) is 14.1 Å². The predicted molar refractivity (Wildman–Crippen MR) is 112 cm³/mol. The number of amides is 2. The van der Waals surface area contributed by atoms with Crippen LogP contribution in [0.3, 0.4) is 0 Å². The van der Waals surface area contributed by atoms with Gasteiger partial charge in [-0.2, -0.15) is 5.10 Å². The zero-order chi connectivity index (χ0) is 22.0. The van der Waals surface area contributed by atoms with Crippen molar-refractivity contribution in [2.75, 3.05) is 10.6 Å². The van der Waals surface area contributed by atoms with Crippen molar-refractivity contribution in [3.05, 3.63) is 77.2 Å². The van der Waals surface area contributed by atoms with Gasteiger partial charge < -0.3 is 10.6 Å². The molecule has 0 aliphatic heterocycles. The Labute approximate surface area is 175 Å². The SMILES string of the molecule is CC(=O)Nc1ccc(NC(=O)Cn2cnc3c(cnn3-c3ccc(F)cc3)c2=O)cc1. The fraction of sp³-hybridized carbons (Fsp3) is 0.0952. The van der Waals surface area contributed by atoms with Gasteiger partial charge in [-0.15, -0.1) is 0 Å². The van der Waals surface area contributed by atoms with Crippen LogP contribution in [0.1, 0.15) is 6.92 Å². The third-order valence-corrected chi connectivity index (χ3v) is 4.43. The zero-order valence-corrected chi connectivity index (χ0v) is 16.4. The van der Waals surface area contributed by atoms with Gasteiger partial charge in [0.1, 0.15) is 24.1 Å². The lowest BCUT2D eigenvalue weighted by Crippen LogP contribution is -2.27. The maximum Gasteiger partial charge on any atom is 0.264 e. The van der Waals surface area contributed by atoms with E-state index in [1.54, 1.807) is 24.3 Å². The van der Waals surface area contributed by atoms with Crippen LogP contribution in [0.4, 0.5) is 15.8 Å². The lowest BCUT2D eigenvalue weighted by molar-refractivity contribution is -0.117. The molecule has 156 valence electrons. The van der Waals surface area contributed by atoms with E-state index in [2.05, 4.69) is 20.7 Å². The summed E-state index contributed by atoms with van der Waals surface area (Å²) in [7, 11) is 0. The molecule has 0 aliphatic rings. The lowest BCUT2D eigenvalue weighted by atomic mass is 10.2. The van der Waals surface area contributed by atoms with Gasteiger partial charge in [-0.3, -0.25) is 19.0 Å². The monoisotopic (exact) mass is 420 g/mol. The fourth-order valence-corrected chi connectivity index (χ4v) is 3.03. The summed E-state index contributed by atoms with van der Waals surface area (Å²) < 4.78 is 15.8. The third-order valence-electron chi connectivity index (χ3n) is 4.43. The Kier molecular flexibility index (Phi) is 5.27. The first-order chi connectivity index (χ1) is 14.9. The largest absolute Gasteiger partial charge is 0.326 e. The second kappa shape index (κ2) is 8.19. The molecule has 4 aromatic rings. The number of hydrogen-bond acceptors (Lipinski definition) is 5. The molecule has 0 saturated heterocycles. The minimum absolute atomic E-state index is 0.193. The van der Waals surface area contributed by atoms with Gasteiger partial charge in [0.15, 0.2) is 5.65 Å². The highest BCUT2D eigenvalue weighted by molar-refractivity contribution is 5.92. The highest BCUT2D eigenvalue weighted by Crippen LogP contribution is 2.15. The Morgan fingerprint density at radius 3 is 2.29 bits per heavy atom. The first-order valence-electron chi connectivity index (χ1n) is 9.27. The molecule has 10 heteroatoms. The number of aromatic nitrogens is 4. The molecule has 2 aromatic heterocycles. The summed E-state index contributed by atoms with van der Waals surface area (Å²) in [5.41, 5.74) is 1.57. The second-order valence-corrected chi connectivity index (χ2v) is 6.75. The zero-order valence-electron chi connectivity index (χ0n) is 16.4. The highest BCUT2D eigenvalue weighted by Gasteiger charge is 2.13. The Morgan fingerprint density at radius 2 is 1.65 bits per heavy atom. The van der Waals surface area contributed by atoms with Gasteiger partial charge in [-0.1, -0.05) is 0 Å². The molecule has 0 spiro atoms. The lowest BCUT2D eigenvalue weighted by Gasteiger charge is -2.09. The first kappa shape index (κ1) is 20.0. The number of halogens is 1. The van der Waals surface area contributed by atoms with Crippen LogP contribution in [0.25, 0.3) is 16.7 Å². The molecule has 2 heterocycles. The van der Waals surface area contributed by atoms with Crippen LogP contribution in [0, 0.1) is 5.82 Å². The molecular formula is C21H17FN6O3. The van der Waals surface area contributed by atoms with Crippen molar-refractivity contribution in [3.8, 4) is 5.69 Å². The smallest absolute Gasteiger partial charge is 0.264 e. The van der Waals surface area contributed by atoms with E-state index in [9.17, 15) is 18.8 Å². The molecule has 0 bridgehead atoms. The summed E-state index contributed by atoms with van der Waals surface area (Å²) >= 11 is 0. The molecule has 31 heavy (non-hydrogen) atoms. The quantitative estimate of drug-likeness (QED) is 0.515. The summed E-state index contributed by atoms with van der Waals surface area (Å²) in [5.74, 6) is -0.991. The molecule has 0 unspecified atom stereocenters. The number of carbonyl (C=O) groups is 2. The summed E-state index contributed by atoms with van der Waals surface area (Å²) in [6, 6.07) is 12.2. The number of nitrogens with one attached hydrogen (secondary N) is 2. The van der Waals surface area contributed by atoms with Gasteiger partial charge in [-0.05, 0) is 48.5 Å². The van der Waals surface area contributed by atoms with Crippen LogP contribution in [0.5, 0.6) is 0 Å². The number of anilines is 2. The Bertz CT molecular complexity index is 1330. The van der Waals surface area contributed by atoms with Crippen molar-refractivity contribution in [2.45, 2.75) is 13.5 Å². The number of carbonyl (C=O) groups excluding carboxylic acids is 2. The standard InChI is InChI=1S/C21H17FN6O3/c1-13(29)25-15-4-6-16(7-5-15)26-19(30)11-27-12-23-20-18(21(27)31)10-24-28(20)17-8-2-14(22)3-9-17/h2-10,12H,11H2,1H3,(H,25,29)(H,26,30). The van der Waals surface area contributed by atoms with Crippen molar-refractivity contribution in [2.24, 2.45) is 0 Å². The van der Waals surface area contributed by atoms with Crippen LogP contribution in [0.15, 0.2) is 65.8 Å². The fourth-order valence-electron chi connectivity index (χ4n) is 3.03. The van der Waals surface area contributed by atoms with Crippen LogP contribution < -0.4 is 16.2 Å². The Morgan fingerprint density at radius 1 is 1.00 bits per heavy atom. The van der Waals surface area contributed by atoms with Gasteiger partial charge in [0.25, 0.3) is 5.56 Å². The summed E-state index contributed by atoms with van der Waals surface area (Å²) in [6.07, 6.45) is 2.63. The molecule has 0 fully saturated rings. The molecule has 4 rings (SSSR count). The van der Waals surface area contributed by atoms with Gasteiger partial charge in [0, 0.05) is 18.3 Å². The molecule has 2 aromatic carbocycles. The molecule has 0 saturated carbocycles. The third kappa shape index (κ3) is 4.32. The Hall–Kier alpha value is -4.34. The molecule has 0 atom stereocenters. The maximum atomic E-state index is 13.2. The molecule has 2 amide bonds. The van der Waals surface area contributed by atoms with Crippen molar-refractivity contribution in [3.63, 3.8) is 0 Å². The van der Waals surface area contributed by atoms with Crippen molar-refractivity contribution < 1.29 is 14.0 Å². The van der Waals surface area contributed by atoms with E-state index < -0.39 is 11.5 Å². The van der Waals surface area contributed by atoms with E-state index in [1.807, 2.05) is 0 Å². The normalized spacial score (nSPS) is 10.8. The maximum absolute atomic E-state index is 13.2. The van der Waals surface area contributed by atoms with Crippen LogP contribution >= 0.6 is 0 Å². The Balaban J connectivity index is 1.51. The first-order valence-corrected chi connectivity index (χ1v) is 9.27. The number of rotatable bonds is 5. The molecule has 9 nitrogen and oxygen atoms in total. The summed E-state index contributed by atoms with van der Waals surface area (Å²) in [4.78, 5) is 40.4. The molecular weight excluding hydrogens is 403 g/mol. The van der Waals surface area contributed by atoms with Gasteiger partial charge >= 0.3 is 0 Å². The van der Waals surface area contributed by atoms with E-state index >= 15 is 0 Å². The topological polar surface area (TPSA) is 111 Å². The van der Waals surface area contributed by atoms with E-state index in [4.69, 9.17) is 0 Å². The van der Waals surface area contributed by atoms with Crippen molar-refractivity contribution in [1.29, 1.82) is 0 Å². The van der Waals surface area contributed by atoms with Gasteiger partial charge in [0.05, 0.1) is 11.9 Å². The average molecular weight is 420 g/mol. The molecule has 0 radical (unpaired) electrons. The summed E-state index contributed by atoms with van der Waals surface area (Å²) in [6.45, 7) is 1.17. The number of nitrogens with zero attached hydrogens (tertiary/aromatic N) is 4. The minimum atomic E-state index is -0.422. The molecule has 0 aliphatic carbocycles. The van der Waals surface area contributed by atoms with Crippen molar-refractivity contribution in [1.82, 2.24) is 19.3 Å². The predicted octanol–water partition coefficient (Wildman–Crippen LogP) is 2.32. The average Bonchev–Trinajstić information content (AvgIpc) is 3.17. The van der Waals surface area contributed by atoms with Crippen LogP contribution in [-0.4, -0.2) is 31.1 Å². The second-order valence-electron chi connectivity index (χ2n) is 6.75. The van der Waals surface area contributed by atoms with E-state index in [0.29, 0.717) is 22.7 Å². The van der Waals surface area contributed by atoms with Crippen LogP contribution in [-0.2, 0) is 16.1 Å². The number of fused-ring (bicyclic) bond motifs is 1. The van der Waals surface area contributed by atoms with Crippen LogP contribution in [0.2, 0.25) is 0 Å². The number of hydrogen-bond donors (Lipinski definition) is 2. The number of benzene rings is 2. The minimum Gasteiger partial charge on any atom is -0.326 e. The van der Waals surface area contributed by atoms with Crippen molar-refractivity contribution >= 4 is 34.2 Å². The van der Waals surface area contributed by atoms with E-state index in [0.717, 1.165) is 0 Å². The van der Waals surface area contributed by atoms with Gasteiger partial charge in [0.2, 0.25) is 11.8 Å². The summed E-state index contributed by atoms with van der Waals surface area (Å²) in [5, 5.41) is 9.72. The molecule has 2 N–H and O–H groups in total. The van der Waals surface area contributed by atoms with E-state index in [1.165, 1.54) is 53.0 Å². The van der Waals surface area contributed by atoms with E-state index in [-0.39, 0.29) is 23.7 Å². The highest BCUT2D eigenvalue weighted by atomic mass is 19.1.